The fraction of sp³-hybridized carbons (Fsp3) is 0.867. The summed E-state index contributed by atoms with van der Waals surface area (Å²) in [5.41, 5.74) is 5.60. The summed E-state index contributed by atoms with van der Waals surface area (Å²) in [5, 5.41) is 0. The standard InChI is InChI=1S/C15H28N4O2/c1-17(2)14(21)19-10-8-18(9-11-19)13(20)15(12-16)6-4-3-5-7-15/h3-12,16H2,1-2H3. The maximum Gasteiger partial charge on any atom is 0.319 e. The number of carbonyl (C=O) groups excluding carboxylic acids is 2. The lowest BCUT2D eigenvalue weighted by molar-refractivity contribution is -0.145. The summed E-state index contributed by atoms with van der Waals surface area (Å²) >= 11 is 0. The molecule has 1 saturated heterocycles. The van der Waals surface area contributed by atoms with E-state index in [1.165, 1.54) is 6.42 Å². The summed E-state index contributed by atoms with van der Waals surface area (Å²) in [5.74, 6) is 0.210. The predicted molar refractivity (Wildman–Crippen MR) is 81.8 cm³/mol. The number of nitrogens with zero attached hydrogens (tertiary/aromatic N) is 3. The third-order valence-electron chi connectivity index (χ3n) is 4.88. The van der Waals surface area contributed by atoms with Crippen LogP contribution in [0.25, 0.3) is 0 Å². The Kier molecular flexibility index (Phi) is 5.08. The minimum atomic E-state index is -0.341. The summed E-state index contributed by atoms with van der Waals surface area (Å²) in [6.07, 6.45) is 5.24. The van der Waals surface area contributed by atoms with Gasteiger partial charge in [-0.05, 0) is 12.8 Å². The first-order valence-corrected chi connectivity index (χ1v) is 7.96. The first-order valence-electron chi connectivity index (χ1n) is 7.96. The summed E-state index contributed by atoms with van der Waals surface area (Å²) in [4.78, 5) is 30.1. The second-order valence-corrected chi connectivity index (χ2v) is 6.50. The van der Waals surface area contributed by atoms with E-state index < -0.39 is 0 Å². The zero-order valence-corrected chi connectivity index (χ0v) is 13.3. The molecule has 0 unspecified atom stereocenters. The van der Waals surface area contributed by atoms with Crippen LogP contribution in [0.1, 0.15) is 32.1 Å². The van der Waals surface area contributed by atoms with Gasteiger partial charge in [0.2, 0.25) is 5.91 Å². The molecule has 0 aromatic carbocycles. The van der Waals surface area contributed by atoms with E-state index in [2.05, 4.69) is 0 Å². The van der Waals surface area contributed by atoms with Crippen molar-refractivity contribution in [1.82, 2.24) is 14.7 Å². The van der Waals surface area contributed by atoms with Crippen molar-refractivity contribution in [1.29, 1.82) is 0 Å². The van der Waals surface area contributed by atoms with Gasteiger partial charge in [-0.15, -0.1) is 0 Å². The van der Waals surface area contributed by atoms with E-state index in [-0.39, 0.29) is 17.4 Å². The monoisotopic (exact) mass is 296 g/mol. The van der Waals surface area contributed by atoms with Crippen LogP contribution in [0.2, 0.25) is 0 Å². The Labute approximate surface area is 127 Å². The van der Waals surface area contributed by atoms with Crippen LogP contribution in [-0.2, 0) is 4.79 Å². The first-order chi connectivity index (χ1) is 10.00. The van der Waals surface area contributed by atoms with Gasteiger partial charge >= 0.3 is 6.03 Å². The molecule has 2 aliphatic rings. The van der Waals surface area contributed by atoms with Crippen LogP contribution in [0.4, 0.5) is 4.79 Å². The number of hydrogen-bond acceptors (Lipinski definition) is 3. The Balaban J connectivity index is 1.95. The second-order valence-electron chi connectivity index (χ2n) is 6.50. The smallest absolute Gasteiger partial charge is 0.319 e. The largest absolute Gasteiger partial charge is 0.339 e. The summed E-state index contributed by atoms with van der Waals surface area (Å²) < 4.78 is 0. The molecule has 1 saturated carbocycles. The molecule has 6 nitrogen and oxygen atoms in total. The number of rotatable bonds is 2. The van der Waals surface area contributed by atoms with E-state index >= 15 is 0 Å². The van der Waals surface area contributed by atoms with Crippen molar-refractivity contribution in [3.05, 3.63) is 0 Å². The third-order valence-corrected chi connectivity index (χ3v) is 4.88. The fourth-order valence-electron chi connectivity index (χ4n) is 3.45. The van der Waals surface area contributed by atoms with Gasteiger partial charge in [0.1, 0.15) is 0 Å². The minimum absolute atomic E-state index is 0.0216. The highest BCUT2D eigenvalue weighted by molar-refractivity contribution is 5.83. The van der Waals surface area contributed by atoms with Crippen LogP contribution in [0.5, 0.6) is 0 Å². The molecule has 2 rings (SSSR count). The average molecular weight is 296 g/mol. The van der Waals surface area contributed by atoms with Crippen LogP contribution < -0.4 is 5.73 Å². The molecule has 1 aliphatic heterocycles. The number of carbonyl (C=O) groups is 2. The second kappa shape index (κ2) is 6.64. The Morgan fingerprint density at radius 1 is 1.00 bits per heavy atom. The zero-order chi connectivity index (χ0) is 15.5. The van der Waals surface area contributed by atoms with Crippen molar-refractivity contribution in [2.75, 3.05) is 46.8 Å². The highest BCUT2D eigenvalue weighted by Gasteiger charge is 2.41. The Bertz CT molecular complexity index is 383. The van der Waals surface area contributed by atoms with Gasteiger partial charge in [-0.3, -0.25) is 4.79 Å². The first kappa shape index (κ1) is 16.1. The quantitative estimate of drug-likeness (QED) is 0.816. The molecule has 1 heterocycles. The maximum absolute atomic E-state index is 12.8. The van der Waals surface area contributed by atoms with Gasteiger partial charge in [0.15, 0.2) is 0 Å². The van der Waals surface area contributed by atoms with E-state index in [1.54, 1.807) is 23.9 Å². The van der Waals surface area contributed by atoms with Gasteiger partial charge in [-0.2, -0.15) is 0 Å². The molecule has 1 aliphatic carbocycles. The summed E-state index contributed by atoms with van der Waals surface area (Å²) in [7, 11) is 3.51. The Morgan fingerprint density at radius 2 is 1.52 bits per heavy atom. The molecule has 21 heavy (non-hydrogen) atoms. The van der Waals surface area contributed by atoms with Crippen molar-refractivity contribution >= 4 is 11.9 Å². The number of amides is 3. The van der Waals surface area contributed by atoms with Crippen LogP contribution in [-0.4, -0.2) is 73.5 Å². The molecule has 0 bridgehead atoms. The molecule has 2 N–H and O–H groups in total. The van der Waals surface area contributed by atoms with Crippen molar-refractivity contribution in [2.24, 2.45) is 11.1 Å². The molecular formula is C15H28N4O2. The normalized spacial score (nSPS) is 22.0. The number of nitrogens with two attached hydrogens (primary N) is 1. The molecule has 0 spiro atoms. The molecule has 6 heteroatoms. The molecule has 0 radical (unpaired) electrons. The lowest BCUT2D eigenvalue weighted by Gasteiger charge is -2.42. The van der Waals surface area contributed by atoms with Crippen molar-refractivity contribution in [3.63, 3.8) is 0 Å². The average Bonchev–Trinajstić information content (AvgIpc) is 2.54. The van der Waals surface area contributed by atoms with Gasteiger partial charge in [-0.1, -0.05) is 19.3 Å². The molecule has 0 atom stereocenters. The molecular weight excluding hydrogens is 268 g/mol. The highest BCUT2D eigenvalue weighted by Crippen LogP contribution is 2.37. The fourth-order valence-corrected chi connectivity index (χ4v) is 3.45. The zero-order valence-electron chi connectivity index (χ0n) is 13.3. The van der Waals surface area contributed by atoms with Gasteiger partial charge in [0.05, 0.1) is 5.41 Å². The van der Waals surface area contributed by atoms with Crippen LogP contribution in [0.3, 0.4) is 0 Å². The van der Waals surface area contributed by atoms with E-state index in [9.17, 15) is 9.59 Å². The number of hydrogen-bond donors (Lipinski definition) is 1. The highest BCUT2D eigenvalue weighted by atomic mass is 16.2. The molecule has 0 aromatic rings. The Morgan fingerprint density at radius 3 is 2.00 bits per heavy atom. The van der Waals surface area contributed by atoms with Crippen molar-refractivity contribution < 1.29 is 9.59 Å². The number of urea groups is 1. The van der Waals surface area contributed by atoms with Gasteiger partial charge in [0.25, 0.3) is 0 Å². The lowest BCUT2D eigenvalue weighted by atomic mass is 9.73. The van der Waals surface area contributed by atoms with Gasteiger partial charge in [0, 0.05) is 46.8 Å². The Hall–Kier alpha value is -1.30. The van der Waals surface area contributed by atoms with Crippen molar-refractivity contribution in [2.45, 2.75) is 32.1 Å². The minimum Gasteiger partial charge on any atom is -0.339 e. The maximum atomic E-state index is 12.8. The topological polar surface area (TPSA) is 69.9 Å². The van der Waals surface area contributed by atoms with E-state index in [0.717, 1.165) is 25.7 Å². The molecule has 120 valence electrons. The lowest BCUT2D eigenvalue weighted by Crippen LogP contribution is -2.57. The van der Waals surface area contributed by atoms with E-state index in [0.29, 0.717) is 32.7 Å². The van der Waals surface area contributed by atoms with Crippen LogP contribution in [0, 0.1) is 5.41 Å². The van der Waals surface area contributed by atoms with E-state index in [4.69, 9.17) is 5.73 Å². The molecule has 0 aromatic heterocycles. The SMILES string of the molecule is CN(C)C(=O)N1CCN(C(=O)C2(CN)CCCCC2)CC1. The summed E-state index contributed by atoms with van der Waals surface area (Å²) in [6, 6.07) is 0.0216. The van der Waals surface area contributed by atoms with Crippen LogP contribution >= 0.6 is 0 Å². The summed E-state index contributed by atoms with van der Waals surface area (Å²) in [6.45, 7) is 2.93. The van der Waals surface area contributed by atoms with E-state index in [1.807, 2.05) is 4.90 Å². The van der Waals surface area contributed by atoms with Gasteiger partial charge in [-0.25, -0.2) is 4.79 Å². The molecule has 2 fully saturated rings. The van der Waals surface area contributed by atoms with Crippen molar-refractivity contribution in [3.8, 4) is 0 Å². The van der Waals surface area contributed by atoms with Crippen LogP contribution in [0.15, 0.2) is 0 Å². The van der Waals surface area contributed by atoms with Gasteiger partial charge < -0.3 is 20.4 Å². The number of piperazine rings is 1. The molecule has 3 amide bonds. The third kappa shape index (κ3) is 3.31. The predicted octanol–water partition coefficient (Wildman–Crippen LogP) is 0.721.